The first-order valence-corrected chi connectivity index (χ1v) is 8.48. The molecule has 2 aromatic carbocycles. The lowest BCUT2D eigenvalue weighted by molar-refractivity contribution is -0.384. The largest absolute Gasteiger partial charge is 0.495 e. The average molecular weight is 369 g/mol. The number of nitro groups is 1. The molecule has 140 valence electrons. The highest BCUT2D eigenvalue weighted by molar-refractivity contribution is 6.07. The molecule has 0 aliphatic carbocycles. The Hall–Kier alpha value is -3.42. The quantitative estimate of drug-likeness (QED) is 0.577. The lowest BCUT2D eigenvalue weighted by atomic mass is 10.1. The lowest BCUT2D eigenvalue weighted by Crippen LogP contribution is -2.42. The van der Waals surface area contributed by atoms with Crippen LogP contribution in [0.1, 0.15) is 23.2 Å². The fourth-order valence-electron chi connectivity index (χ4n) is 3.04. The van der Waals surface area contributed by atoms with Gasteiger partial charge in [-0.3, -0.25) is 24.6 Å². The number of carbonyl (C=O) groups excluding carboxylic acids is 2. The molecule has 1 fully saturated rings. The Kier molecular flexibility index (Phi) is 5.35. The second-order valence-electron chi connectivity index (χ2n) is 6.11. The van der Waals surface area contributed by atoms with Gasteiger partial charge in [-0.05, 0) is 24.6 Å². The maximum Gasteiger partial charge on any atom is 0.270 e. The number of nitro benzene ring substituents is 1. The normalized spacial score (nSPS) is 13.5. The minimum atomic E-state index is -0.547. The number of benzene rings is 2. The number of carbonyl (C=O) groups is 2. The Morgan fingerprint density at radius 2 is 2.04 bits per heavy atom. The molecule has 0 radical (unpaired) electrons. The number of anilines is 1. The average Bonchev–Trinajstić information content (AvgIpc) is 3.10. The van der Waals surface area contributed by atoms with Crippen molar-refractivity contribution in [2.24, 2.45) is 0 Å². The fraction of sp³-hybridized carbons (Fsp3) is 0.263. The first-order valence-electron chi connectivity index (χ1n) is 8.48. The van der Waals surface area contributed by atoms with Gasteiger partial charge in [0.05, 0.1) is 17.7 Å². The van der Waals surface area contributed by atoms with Gasteiger partial charge in [0.25, 0.3) is 11.6 Å². The van der Waals surface area contributed by atoms with Crippen molar-refractivity contribution >= 4 is 23.2 Å². The molecule has 1 heterocycles. The summed E-state index contributed by atoms with van der Waals surface area (Å²) in [5.74, 6) is 0.00701. The molecular formula is C19H19N3O5. The van der Waals surface area contributed by atoms with Crippen LogP contribution in [-0.4, -0.2) is 42.0 Å². The van der Waals surface area contributed by atoms with E-state index >= 15 is 0 Å². The second kappa shape index (κ2) is 7.86. The van der Waals surface area contributed by atoms with Crippen LogP contribution in [0.5, 0.6) is 5.75 Å². The highest BCUT2D eigenvalue weighted by atomic mass is 16.6. The smallest absolute Gasteiger partial charge is 0.270 e. The van der Waals surface area contributed by atoms with E-state index in [2.05, 4.69) is 0 Å². The summed E-state index contributed by atoms with van der Waals surface area (Å²) in [6.07, 6.45) is 1.19. The molecule has 2 aromatic rings. The number of para-hydroxylation sites is 2. The number of likely N-dealkylation sites (tertiary alicyclic amines) is 1. The van der Waals surface area contributed by atoms with Gasteiger partial charge in [-0.25, -0.2) is 0 Å². The third kappa shape index (κ3) is 3.89. The molecule has 8 heteroatoms. The molecule has 8 nitrogen and oxygen atoms in total. The summed E-state index contributed by atoms with van der Waals surface area (Å²) in [7, 11) is 1.50. The minimum absolute atomic E-state index is 0.0262. The zero-order valence-corrected chi connectivity index (χ0v) is 14.8. The Bertz CT molecular complexity index is 883. The molecule has 2 amide bonds. The Morgan fingerprint density at radius 1 is 1.26 bits per heavy atom. The van der Waals surface area contributed by atoms with Gasteiger partial charge in [0.2, 0.25) is 5.91 Å². The van der Waals surface area contributed by atoms with Gasteiger partial charge in [0.15, 0.2) is 0 Å². The number of nitrogens with zero attached hydrogens (tertiary/aromatic N) is 3. The number of ether oxygens (including phenoxy) is 1. The zero-order valence-electron chi connectivity index (χ0n) is 14.8. The number of methoxy groups -OCH3 is 1. The van der Waals surface area contributed by atoms with Crippen molar-refractivity contribution in [2.75, 3.05) is 25.2 Å². The maximum absolute atomic E-state index is 13.2. The number of hydrogen-bond donors (Lipinski definition) is 0. The molecule has 3 rings (SSSR count). The van der Waals surface area contributed by atoms with Crippen LogP contribution in [0.25, 0.3) is 0 Å². The summed E-state index contributed by atoms with van der Waals surface area (Å²) in [6, 6.07) is 12.5. The van der Waals surface area contributed by atoms with Crippen molar-refractivity contribution in [1.29, 1.82) is 0 Å². The first kappa shape index (κ1) is 18.4. The third-order valence-electron chi connectivity index (χ3n) is 4.41. The highest BCUT2D eigenvalue weighted by Gasteiger charge is 2.28. The van der Waals surface area contributed by atoms with Crippen LogP contribution in [0.3, 0.4) is 0 Å². The fourth-order valence-corrected chi connectivity index (χ4v) is 3.04. The molecule has 0 aromatic heterocycles. The van der Waals surface area contributed by atoms with E-state index in [4.69, 9.17) is 4.74 Å². The molecule has 0 saturated carbocycles. The van der Waals surface area contributed by atoms with E-state index in [0.29, 0.717) is 24.4 Å². The number of amides is 2. The van der Waals surface area contributed by atoms with Gasteiger partial charge in [-0.2, -0.15) is 0 Å². The van der Waals surface area contributed by atoms with Crippen molar-refractivity contribution in [3.63, 3.8) is 0 Å². The van der Waals surface area contributed by atoms with E-state index in [1.807, 2.05) is 0 Å². The van der Waals surface area contributed by atoms with Crippen molar-refractivity contribution in [3.05, 3.63) is 64.2 Å². The molecule has 0 unspecified atom stereocenters. The topological polar surface area (TPSA) is 93.0 Å². The predicted octanol–water partition coefficient (Wildman–Crippen LogP) is 2.83. The van der Waals surface area contributed by atoms with Gasteiger partial charge in [-0.1, -0.05) is 18.2 Å². The molecule has 0 spiro atoms. The first-order chi connectivity index (χ1) is 13.0. The third-order valence-corrected chi connectivity index (χ3v) is 4.41. The molecule has 1 aliphatic heterocycles. The molecule has 0 bridgehead atoms. The number of non-ortho nitro benzene ring substituents is 1. The summed E-state index contributed by atoms with van der Waals surface area (Å²) in [4.78, 5) is 38.8. The summed E-state index contributed by atoms with van der Waals surface area (Å²) in [5.41, 5.74) is 0.496. The van der Waals surface area contributed by atoms with E-state index < -0.39 is 10.8 Å². The predicted molar refractivity (Wildman–Crippen MR) is 98.7 cm³/mol. The monoisotopic (exact) mass is 369 g/mol. The van der Waals surface area contributed by atoms with Crippen LogP contribution in [0, 0.1) is 10.1 Å². The molecule has 1 saturated heterocycles. The maximum atomic E-state index is 13.2. The van der Waals surface area contributed by atoms with Gasteiger partial charge >= 0.3 is 0 Å². The Labute approximate surface area is 156 Å². The SMILES string of the molecule is COc1ccccc1N(CN1CCCC1=O)C(=O)c1cccc([N+](=O)[O-])c1. The van der Waals surface area contributed by atoms with Crippen molar-refractivity contribution in [2.45, 2.75) is 12.8 Å². The highest BCUT2D eigenvalue weighted by Crippen LogP contribution is 2.30. The van der Waals surface area contributed by atoms with E-state index in [9.17, 15) is 19.7 Å². The lowest BCUT2D eigenvalue weighted by Gasteiger charge is -2.29. The van der Waals surface area contributed by atoms with Crippen LogP contribution < -0.4 is 9.64 Å². The van der Waals surface area contributed by atoms with Crippen molar-refractivity contribution < 1.29 is 19.2 Å². The zero-order chi connectivity index (χ0) is 19.4. The Morgan fingerprint density at radius 3 is 2.70 bits per heavy atom. The van der Waals surface area contributed by atoms with Crippen LogP contribution in [0.2, 0.25) is 0 Å². The second-order valence-corrected chi connectivity index (χ2v) is 6.11. The van der Waals surface area contributed by atoms with E-state index in [0.717, 1.165) is 6.42 Å². The molecule has 1 aliphatic rings. The van der Waals surface area contributed by atoms with Crippen LogP contribution in [0.4, 0.5) is 11.4 Å². The summed E-state index contributed by atoms with van der Waals surface area (Å²) < 4.78 is 5.36. The van der Waals surface area contributed by atoms with Crippen LogP contribution in [-0.2, 0) is 4.79 Å². The number of hydrogen-bond acceptors (Lipinski definition) is 5. The standard InChI is InChI=1S/C19H19N3O5/c1-27-17-9-3-2-8-16(17)21(13-20-11-5-10-18(20)23)19(24)14-6-4-7-15(12-14)22(25)26/h2-4,6-9,12H,5,10-11,13H2,1H3. The Balaban J connectivity index is 2.00. The van der Waals surface area contributed by atoms with Gasteiger partial charge in [-0.15, -0.1) is 0 Å². The van der Waals surface area contributed by atoms with E-state index in [1.54, 1.807) is 29.2 Å². The van der Waals surface area contributed by atoms with E-state index in [-0.39, 0.29) is 23.8 Å². The van der Waals surface area contributed by atoms with Gasteiger partial charge in [0, 0.05) is 30.7 Å². The molecular weight excluding hydrogens is 350 g/mol. The minimum Gasteiger partial charge on any atom is -0.495 e. The summed E-state index contributed by atoms with van der Waals surface area (Å²) in [5, 5.41) is 11.0. The van der Waals surface area contributed by atoms with Crippen molar-refractivity contribution in [1.82, 2.24) is 4.90 Å². The summed E-state index contributed by atoms with van der Waals surface area (Å²) in [6.45, 7) is 0.618. The molecule has 0 N–H and O–H groups in total. The van der Waals surface area contributed by atoms with Crippen LogP contribution >= 0.6 is 0 Å². The van der Waals surface area contributed by atoms with E-state index in [1.165, 1.54) is 36.3 Å². The number of rotatable bonds is 6. The molecule has 27 heavy (non-hydrogen) atoms. The van der Waals surface area contributed by atoms with Gasteiger partial charge < -0.3 is 9.64 Å². The van der Waals surface area contributed by atoms with Crippen molar-refractivity contribution in [3.8, 4) is 5.75 Å². The van der Waals surface area contributed by atoms with Crippen LogP contribution in [0.15, 0.2) is 48.5 Å². The molecule has 0 atom stereocenters. The summed E-state index contributed by atoms with van der Waals surface area (Å²) >= 11 is 0. The van der Waals surface area contributed by atoms with Gasteiger partial charge in [0.1, 0.15) is 12.4 Å².